The Bertz CT molecular complexity index is 4300. The molecule has 0 aliphatic heterocycles. The van der Waals surface area contributed by atoms with Crippen molar-refractivity contribution in [2.24, 2.45) is 0 Å². The molecule has 0 amide bonds. The molecule has 352 valence electrons. The molecule has 0 N–H and O–H groups in total. The van der Waals surface area contributed by atoms with E-state index in [0.29, 0.717) is 0 Å². The summed E-state index contributed by atoms with van der Waals surface area (Å²) in [5.41, 5.74) is 24.4. The van der Waals surface area contributed by atoms with Crippen molar-refractivity contribution in [1.29, 1.82) is 0 Å². The largest absolute Gasteiger partial charge is 0.310 e. The topological polar surface area (TPSA) is 3.24 Å². The maximum atomic E-state index is 2.55. The molecule has 0 spiro atoms. The van der Waals surface area contributed by atoms with Gasteiger partial charge in [-0.1, -0.05) is 217 Å². The van der Waals surface area contributed by atoms with Gasteiger partial charge in [-0.3, -0.25) is 0 Å². The van der Waals surface area contributed by atoms with Crippen molar-refractivity contribution in [3.8, 4) is 55.6 Å². The summed E-state index contributed by atoms with van der Waals surface area (Å²) in [6.45, 7) is 14.3. The summed E-state index contributed by atoms with van der Waals surface area (Å²) in [6.07, 6.45) is 0. The number of anilines is 3. The molecule has 0 bridgehead atoms. The predicted octanol–water partition coefficient (Wildman–Crippen LogP) is 20.0. The summed E-state index contributed by atoms with van der Waals surface area (Å²) in [7, 11) is 0. The van der Waals surface area contributed by atoms with Crippen LogP contribution in [-0.4, -0.2) is 0 Å². The van der Waals surface area contributed by atoms with Gasteiger partial charge in [0.15, 0.2) is 0 Å². The quantitative estimate of drug-likeness (QED) is 0.155. The van der Waals surface area contributed by atoms with Gasteiger partial charge in [-0.25, -0.2) is 0 Å². The summed E-state index contributed by atoms with van der Waals surface area (Å²) < 4.78 is 0. The number of hydrogen-bond acceptors (Lipinski definition) is 1. The normalized spacial score (nSPS) is 14.9. The van der Waals surface area contributed by atoms with Gasteiger partial charge in [0.25, 0.3) is 0 Å². The van der Waals surface area contributed by atoms with E-state index in [4.69, 9.17) is 0 Å². The van der Waals surface area contributed by atoms with Gasteiger partial charge < -0.3 is 4.90 Å². The Balaban J connectivity index is 0.980. The summed E-state index contributed by atoms with van der Waals surface area (Å²) in [6, 6.07) is 85.6. The molecule has 0 aromatic heterocycles. The molecule has 0 radical (unpaired) electrons. The van der Waals surface area contributed by atoms with Crippen LogP contribution in [0.15, 0.2) is 224 Å². The maximum Gasteiger partial charge on any atom is 0.0540 e. The van der Waals surface area contributed by atoms with Crippen LogP contribution in [0.25, 0.3) is 98.7 Å². The molecule has 12 aromatic rings. The molecule has 0 saturated carbocycles. The highest BCUT2D eigenvalue weighted by Gasteiger charge is 2.39. The SMILES string of the molecule is CC1(C)c2ccccc2-c2ccc(-c3c4ccccc4c(-c4ccc(N(c5ccc6c(c5)C(C)(C)c5ccccc5-6)c5ccc6c(c5)C(C)(C)c5ccccc5-6)c5ccccc45)c4cc5ccccc5cc34)cc21. The molecular formula is C73H55N. The number of nitrogens with zero attached hydrogens (tertiary/aromatic N) is 1. The lowest BCUT2D eigenvalue weighted by atomic mass is 9.80. The predicted molar refractivity (Wildman–Crippen MR) is 315 cm³/mol. The Morgan fingerprint density at radius 2 is 0.635 bits per heavy atom. The average molecular weight is 946 g/mol. The number of benzene rings is 12. The zero-order valence-corrected chi connectivity index (χ0v) is 42.8. The molecule has 1 heteroatoms. The van der Waals surface area contributed by atoms with Crippen molar-refractivity contribution in [3.05, 3.63) is 258 Å². The summed E-state index contributed by atoms with van der Waals surface area (Å²) >= 11 is 0. The highest BCUT2D eigenvalue weighted by Crippen LogP contribution is 2.56. The van der Waals surface area contributed by atoms with Crippen LogP contribution in [0.3, 0.4) is 0 Å². The van der Waals surface area contributed by atoms with E-state index in [1.165, 1.54) is 132 Å². The second kappa shape index (κ2) is 15.3. The molecule has 0 heterocycles. The smallest absolute Gasteiger partial charge is 0.0540 e. The molecule has 74 heavy (non-hydrogen) atoms. The van der Waals surface area contributed by atoms with Gasteiger partial charge in [0.05, 0.1) is 5.69 Å². The van der Waals surface area contributed by atoms with Gasteiger partial charge in [0.1, 0.15) is 0 Å². The van der Waals surface area contributed by atoms with Crippen molar-refractivity contribution in [2.75, 3.05) is 4.90 Å². The fourth-order valence-corrected chi connectivity index (χ4v) is 14.1. The third-order valence-corrected chi connectivity index (χ3v) is 17.8. The van der Waals surface area contributed by atoms with Crippen LogP contribution in [0.4, 0.5) is 17.1 Å². The van der Waals surface area contributed by atoms with E-state index in [1.54, 1.807) is 0 Å². The lowest BCUT2D eigenvalue weighted by Crippen LogP contribution is -2.18. The molecular weight excluding hydrogens is 891 g/mol. The Morgan fingerprint density at radius 3 is 1.16 bits per heavy atom. The van der Waals surface area contributed by atoms with E-state index in [-0.39, 0.29) is 16.2 Å². The van der Waals surface area contributed by atoms with E-state index < -0.39 is 0 Å². The fraction of sp³-hybridized carbons (Fsp3) is 0.123. The summed E-state index contributed by atoms with van der Waals surface area (Å²) in [5.74, 6) is 0. The minimum atomic E-state index is -0.152. The first-order chi connectivity index (χ1) is 36.0. The van der Waals surface area contributed by atoms with Crippen LogP contribution in [0.5, 0.6) is 0 Å². The van der Waals surface area contributed by atoms with E-state index in [2.05, 4.69) is 271 Å². The lowest BCUT2D eigenvalue weighted by Gasteiger charge is -2.31. The van der Waals surface area contributed by atoms with E-state index in [9.17, 15) is 0 Å². The van der Waals surface area contributed by atoms with E-state index in [1.807, 2.05) is 0 Å². The third kappa shape index (κ3) is 5.87. The zero-order chi connectivity index (χ0) is 49.8. The average Bonchev–Trinajstić information content (AvgIpc) is 3.92. The molecule has 12 aromatic carbocycles. The maximum absolute atomic E-state index is 2.55. The molecule has 3 aliphatic rings. The van der Waals surface area contributed by atoms with Crippen molar-refractivity contribution >= 4 is 60.2 Å². The van der Waals surface area contributed by atoms with Crippen molar-refractivity contribution < 1.29 is 0 Å². The van der Waals surface area contributed by atoms with E-state index in [0.717, 1.165) is 17.1 Å². The van der Waals surface area contributed by atoms with Crippen LogP contribution in [0.1, 0.15) is 74.9 Å². The van der Waals surface area contributed by atoms with Crippen LogP contribution in [0.2, 0.25) is 0 Å². The Morgan fingerprint density at radius 1 is 0.257 bits per heavy atom. The minimum absolute atomic E-state index is 0.114. The van der Waals surface area contributed by atoms with Crippen molar-refractivity contribution in [2.45, 2.75) is 57.8 Å². The van der Waals surface area contributed by atoms with Gasteiger partial charge >= 0.3 is 0 Å². The van der Waals surface area contributed by atoms with Crippen LogP contribution < -0.4 is 4.90 Å². The van der Waals surface area contributed by atoms with Crippen molar-refractivity contribution in [1.82, 2.24) is 0 Å². The van der Waals surface area contributed by atoms with Crippen LogP contribution >= 0.6 is 0 Å². The summed E-state index contributed by atoms with van der Waals surface area (Å²) in [5, 5.41) is 9.96. The standard InChI is InChI=1S/C73H55N/c1-71(2)62-28-16-13-22-50(62)53-34-31-46(41-65(53)71)69-57-26-11-12-27-58(57)70(61-40-45-20-8-7-19-44(45)39-60(61)69)59-37-38-68(56-25-10-9-21-49(56)59)74(47-32-35-54-51-23-14-17-29-63(51)72(3,4)66(54)42-47)48-33-36-55-52-24-15-18-30-64(52)73(5,6)67(55)43-48/h7-43H,1-6H3. The minimum Gasteiger partial charge on any atom is -0.310 e. The molecule has 0 saturated heterocycles. The second-order valence-corrected chi connectivity index (χ2v) is 22.8. The molecule has 0 fully saturated rings. The van der Waals surface area contributed by atoms with Gasteiger partial charge in [0, 0.05) is 33.0 Å². The van der Waals surface area contributed by atoms with Gasteiger partial charge in [0.2, 0.25) is 0 Å². The molecule has 1 nitrogen and oxygen atoms in total. The number of rotatable bonds is 5. The van der Waals surface area contributed by atoms with Crippen LogP contribution in [0, 0.1) is 0 Å². The van der Waals surface area contributed by atoms with Gasteiger partial charge in [-0.15, -0.1) is 0 Å². The lowest BCUT2D eigenvalue weighted by molar-refractivity contribution is 0.660. The molecule has 3 aliphatic carbocycles. The highest BCUT2D eigenvalue weighted by molar-refractivity contribution is 6.26. The Kier molecular flexibility index (Phi) is 8.89. The fourth-order valence-electron chi connectivity index (χ4n) is 14.1. The monoisotopic (exact) mass is 945 g/mol. The molecule has 0 atom stereocenters. The highest BCUT2D eigenvalue weighted by atomic mass is 15.1. The first-order valence-electron chi connectivity index (χ1n) is 26.4. The number of fused-ring (bicyclic) bond motifs is 13. The molecule has 0 unspecified atom stereocenters. The Labute approximate surface area is 434 Å². The van der Waals surface area contributed by atoms with Crippen molar-refractivity contribution in [3.63, 3.8) is 0 Å². The Hall–Kier alpha value is -8.52. The molecule has 15 rings (SSSR count). The summed E-state index contributed by atoms with van der Waals surface area (Å²) in [4.78, 5) is 2.55. The van der Waals surface area contributed by atoms with Gasteiger partial charge in [-0.2, -0.15) is 0 Å². The first kappa shape index (κ1) is 43.1. The zero-order valence-electron chi connectivity index (χ0n) is 42.8. The van der Waals surface area contributed by atoms with Crippen LogP contribution in [-0.2, 0) is 16.2 Å². The third-order valence-electron chi connectivity index (χ3n) is 17.8. The van der Waals surface area contributed by atoms with E-state index >= 15 is 0 Å². The van der Waals surface area contributed by atoms with Gasteiger partial charge in [-0.05, 0) is 175 Å². The first-order valence-corrected chi connectivity index (χ1v) is 26.4. The number of hydrogen-bond donors (Lipinski definition) is 0. The second-order valence-electron chi connectivity index (χ2n) is 22.8.